The second-order valence-electron chi connectivity index (χ2n) is 6.21. The number of para-hydroxylation sites is 2. The molecular formula is C20H13N3O5. The molecule has 0 radical (unpaired) electrons. The number of nitrogens with zero attached hydrogens (tertiary/aromatic N) is 3. The highest BCUT2D eigenvalue weighted by Crippen LogP contribution is 2.35. The number of benzene rings is 3. The van der Waals surface area contributed by atoms with Crippen molar-refractivity contribution in [2.75, 3.05) is 5.01 Å². The summed E-state index contributed by atoms with van der Waals surface area (Å²) in [5, 5.41) is 14.1. The van der Waals surface area contributed by atoms with Gasteiger partial charge in [-0.3, -0.25) is 24.5 Å². The average Bonchev–Trinajstić information content (AvgIpc) is 2.68. The van der Waals surface area contributed by atoms with Crippen molar-refractivity contribution in [2.24, 2.45) is 0 Å². The summed E-state index contributed by atoms with van der Waals surface area (Å²) < 4.78 is 0. The first-order valence-electron chi connectivity index (χ1n) is 8.36. The van der Waals surface area contributed by atoms with E-state index < -0.39 is 28.3 Å². The van der Waals surface area contributed by atoms with Crippen molar-refractivity contribution in [1.82, 2.24) is 5.01 Å². The number of hydrogen-bond donors (Lipinski definition) is 0. The molecule has 0 spiro atoms. The van der Waals surface area contributed by atoms with Crippen molar-refractivity contribution in [3.63, 3.8) is 0 Å². The van der Waals surface area contributed by atoms with Gasteiger partial charge in [-0.05, 0) is 23.6 Å². The van der Waals surface area contributed by atoms with Crippen molar-refractivity contribution >= 4 is 39.9 Å². The lowest BCUT2D eigenvalue weighted by Gasteiger charge is -2.35. The van der Waals surface area contributed by atoms with Gasteiger partial charge in [-0.1, -0.05) is 36.4 Å². The monoisotopic (exact) mass is 375 g/mol. The van der Waals surface area contributed by atoms with E-state index >= 15 is 0 Å². The smallest absolute Gasteiger partial charge is 0.273 e. The van der Waals surface area contributed by atoms with E-state index in [4.69, 9.17) is 0 Å². The SMILES string of the molecule is CC(=O)N(c1ccccc1[N+](=O)[O-])N1C(=O)c2cccc3cccc(c23)C1=O. The van der Waals surface area contributed by atoms with Gasteiger partial charge in [0, 0.05) is 18.4 Å². The van der Waals surface area contributed by atoms with Crippen LogP contribution >= 0.6 is 0 Å². The number of rotatable bonds is 3. The second-order valence-corrected chi connectivity index (χ2v) is 6.21. The van der Waals surface area contributed by atoms with Gasteiger partial charge in [0.1, 0.15) is 5.69 Å². The van der Waals surface area contributed by atoms with Gasteiger partial charge in [-0.2, -0.15) is 5.01 Å². The predicted octanol–water partition coefficient (Wildman–Crippen LogP) is 3.31. The zero-order valence-corrected chi connectivity index (χ0v) is 14.7. The first-order chi connectivity index (χ1) is 13.4. The molecule has 0 saturated carbocycles. The van der Waals surface area contributed by atoms with Crippen LogP contribution in [0.3, 0.4) is 0 Å². The number of nitro groups is 1. The van der Waals surface area contributed by atoms with E-state index in [0.717, 1.165) is 17.3 Å². The molecule has 1 aliphatic heterocycles. The molecule has 0 unspecified atom stereocenters. The van der Waals surface area contributed by atoms with Crippen LogP contribution in [0.2, 0.25) is 0 Å². The molecule has 1 aliphatic rings. The van der Waals surface area contributed by atoms with Crippen molar-refractivity contribution < 1.29 is 19.3 Å². The molecule has 3 amide bonds. The molecule has 8 heteroatoms. The minimum absolute atomic E-state index is 0.159. The minimum Gasteiger partial charge on any atom is -0.273 e. The van der Waals surface area contributed by atoms with Gasteiger partial charge in [0.2, 0.25) is 5.91 Å². The molecule has 28 heavy (non-hydrogen) atoms. The highest BCUT2D eigenvalue weighted by molar-refractivity contribution is 6.27. The minimum atomic E-state index is -0.720. The lowest BCUT2D eigenvalue weighted by atomic mass is 9.95. The van der Waals surface area contributed by atoms with Crippen LogP contribution in [0.25, 0.3) is 10.8 Å². The number of anilines is 1. The Bertz CT molecular complexity index is 1140. The van der Waals surface area contributed by atoms with Crippen LogP contribution in [-0.2, 0) is 4.79 Å². The van der Waals surface area contributed by atoms with Crippen LogP contribution < -0.4 is 5.01 Å². The van der Waals surface area contributed by atoms with Crippen LogP contribution in [0.1, 0.15) is 27.6 Å². The Labute approximate surface area is 158 Å². The largest absolute Gasteiger partial charge is 0.294 e. The van der Waals surface area contributed by atoms with Gasteiger partial charge in [0.05, 0.1) is 16.1 Å². The zero-order valence-electron chi connectivity index (χ0n) is 14.7. The molecule has 0 aliphatic carbocycles. The Balaban J connectivity index is 1.95. The number of carbonyl (C=O) groups is 3. The number of nitro benzene ring substituents is 1. The standard InChI is InChI=1S/C20H13N3O5/c1-12(24)21(16-10-2-3-11-17(16)23(27)28)22-19(25)14-8-4-6-13-7-5-9-15(18(13)14)20(22)26/h2-11H,1H3. The topological polar surface area (TPSA) is 101 Å². The highest BCUT2D eigenvalue weighted by Gasteiger charge is 2.40. The summed E-state index contributed by atoms with van der Waals surface area (Å²) in [5.41, 5.74) is -0.0568. The summed E-state index contributed by atoms with van der Waals surface area (Å²) in [6, 6.07) is 15.5. The Morgan fingerprint density at radius 2 is 1.50 bits per heavy atom. The fraction of sp³-hybridized carbons (Fsp3) is 0.0500. The molecule has 1 heterocycles. The quantitative estimate of drug-likeness (QED) is 0.397. The fourth-order valence-electron chi connectivity index (χ4n) is 3.42. The maximum Gasteiger partial charge on any atom is 0.294 e. The molecule has 0 N–H and O–H groups in total. The van der Waals surface area contributed by atoms with Crippen molar-refractivity contribution in [2.45, 2.75) is 6.92 Å². The molecule has 3 aromatic carbocycles. The normalized spacial score (nSPS) is 13.0. The van der Waals surface area contributed by atoms with Gasteiger partial charge in [0.15, 0.2) is 0 Å². The van der Waals surface area contributed by atoms with Crippen molar-refractivity contribution in [3.05, 3.63) is 81.9 Å². The molecule has 0 fully saturated rings. The Morgan fingerprint density at radius 1 is 0.929 bits per heavy atom. The average molecular weight is 375 g/mol. The number of carbonyl (C=O) groups excluding carboxylic acids is 3. The van der Waals surface area contributed by atoms with E-state index in [1.165, 1.54) is 24.3 Å². The van der Waals surface area contributed by atoms with Crippen LogP contribution in [0.4, 0.5) is 11.4 Å². The molecule has 138 valence electrons. The van der Waals surface area contributed by atoms with Gasteiger partial charge in [-0.25, -0.2) is 5.01 Å². The zero-order chi connectivity index (χ0) is 20.0. The first-order valence-corrected chi connectivity index (χ1v) is 8.36. The van der Waals surface area contributed by atoms with E-state index in [1.807, 2.05) is 0 Å². The third-order valence-corrected chi connectivity index (χ3v) is 4.56. The number of amides is 3. The molecule has 4 rings (SSSR count). The van der Waals surface area contributed by atoms with Crippen LogP contribution in [-0.4, -0.2) is 27.7 Å². The Morgan fingerprint density at radius 3 is 2.04 bits per heavy atom. The number of imide groups is 1. The molecule has 3 aromatic rings. The van der Waals surface area contributed by atoms with E-state index in [1.54, 1.807) is 36.4 Å². The third-order valence-electron chi connectivity index (χ3n) is 4.56. The lowest BCUT2D eigenvalue weighted by molar-refractivity contribution is -0.384. The lowest BCUT2D eigenvalue weighted by Crippen LogP contribution is -2.54. The van der Waals surface area contributed by atoms with E-state index in [2.05, 4.69) is 0 Å². The summed E-state index contributed by atoms with van der Waals surface area (Å²) in [6.07, 6.45) is 0. The summed E-state index contributed by atoms with van der Waals surface area (Å²) in [5.74, 6) is -2.15. The summed E-state index contributed by atoms with van der Waals surface area (Å²) in [7, 11) is 0. The third kappa shape index (κ3) is 2.43. The van der Waals surface area contributed by atoms with E-state index in [9.17, 15) is 24.5 Å². The van der Waals surface area contributed by atoms with Crippen LogP contribution in [0, 0.1) is 10.1 Å². The van der Waals surface area contributed by atoms with E-state index in [-0.39, 0.29) is 16.8 Å². The van der Waals surface area contributed by atoms with Crippen molar-refractivity contribution in [3.8, 4) is 0 Å². The van der Waals surface area contributed by atoms with Crippen LogP contribution in [0.5, 0.6) is 0 Å². The summed E-state index contributed by atoms with van der Waals surface area (Å²) >= 11 is 0. The molecule has 0 saturated heterocycles. The second kappa shape index (κ2) is 6.27. The fourth-order valence-corrected chi connectivity index (χ4v) is 3.42. The molecule has 0 bridgehead atoms. The van der Waals surface area contributed by atoms with E-state index in [0.29, 0.717) is 10.4 Å². The highest BCUT2D eigenvalue weighted by atomic mass is 16.6. The van der Waals surface area contributed by atoms with Gasteiger partial charge >= 0.3 is 0 Å². The molecule has 8 nitrogen and oxygen atoms in total. The maximum absolute atomic E-state index is 13.2. The Hall–Kier alpha value is -4.07. The molecular weight excluding hydrogens is 362 g/mol. The number of hydrogen-bond acceptors (Lipinski definition) is 5. The summed E-state index contributed by atoms with van der Waals surface area (Å²) in [4.78, 5) is 49.5. The Kier molecular flexibility index (Phi) is 3.89. The van der Waals surface area contributed by atoms with Gasteiger partial charge in [-0.15, -0.1) is 0 Å². The van der Waals surface area contributed by atoms with Crippen LogP contribution in [0.15, 0.2) is 60.7 Å². The predicted molar refractivity (Wildman–Crippen MR) is 101 cm³/mol. The van der Waals surface area contributed by atoms with Gasteiger partial charge < -0.3 is 0 Å². The molecule has 0 atom stereocenters. The first kappa shape index (κ1) is 17.3. The van der Waals surface area contributed by atoms with Gasteiger partial charge in [0.25, 0.3) is 17.5 Å². The molecule has 0 aromatic heterocycles. The maximum atomic E-state index is 13.2. The van der Waals surface area contributed by atoms with Crippen molar-refractivity contribution in [1.29, 1.82) is 0 Å². The summed E-state index contributed by atoms with van der Waals surface area (Å²) in [6.45, 7) is 1.14. The number of hydrazine groups is 1.